The quantitative estimate of drug-likeness (QED) is 0.269. The molecule has 1 atom stereocenters. The highest BCUT2D eigenvalue weighted by Crippen LogP contribution is 2.39. The van der Waals surface area contributed by atoms with Crippen molar-refractivity contribution in [2.75, 3.05) is 19.0 Å². The van der Waals surface area contributed by atoms with Crippen LogP contribution in [0.1, 0.15) is 18.9 Å². The lowest BCUT2D eigenvalue weighted by atomic mass is 10.0. The van der Waals surface area contributed by atoms with E-state index in [1.807, 2.05) is 18.3 Å². The summed E-state index contributed by atoms with van der Waals surface area (Å²) in [7, 11) is 1.33. The van der Waals surface area contributed by atoms with Crippen molar-refractivity contribution in [1.82, 2.24) is 14.5 Å². The molecule has 3 heterocycles. The Bertz CT molecular complexity index is 1470. The zero-order chi connectivity index (χ0) is 25.4. The number of hydrogen-bond donors (Lipinski definition) is 2. The first kappa shape index (κ1) is 23.5. The molecular formula is C25H24FN5O5. The lowest BCUT2D eigenvalue weighted by Crippen LogP contribution is -2.14. The van der Waals surface area contributed by atoms with Crippen LogP contribution >= 0.6 is 0 Å². The SMILES string of the molecule is COc1cc(F)c([N+](=O)[O-])cc1Nc1ncc(OCC(C)O)c(-c2cn3c4c(cccc24)CCC3)n1. The standard InChI is InChI=1S/C25H24FN5O5/c1-14(32)13-36-22-11-27-25(28-19-10-20(31(33)34)18(26)9-21(19)35-2)29-23(22)17-12-30-8-4-6-15-5-3-7-16(17)24(15)30/h3,5,7,9-12,14,32H,4,6,8,13H2,1-2H3,(H,27,28,29). The number of rotatable bonds is 8. The van der Waals surface area contributed by atoms with E-state index < -0.39 is 22.5 Å². The van der Waals surface area contributed by atoms with E-state index in [1.165, 1.54) is 18.9 Å². The van der Waals surface area contributed by atoms with E-state index in [0.29, 0.717) is 11.4 Å². The third kappa shape index (κ3) is 4.29. The topological polar surface area (TPSA) is 125 Å². The van der Waals surface area contributed by atoms with Crippen LogP contribution in [0.2, 0.25) is 0 Å². The molecule has 0 spiro atoms. The molecule has 4 aromatic rings. The number of methoxy groups -OCH3 is 1. The number of nitrogens with one attached hydrogen (secondary N) is 1. The highest BCUT2D eigenvalue weighted by molar-refractivity contribution is 5.98. The molecule has 1 aliphatic heterocycles. The number of anilines is 2. The minimum absolute atomic E-state index is 0.0466. The normalized spacial score (nSPS) is 13.4. The first-order valence-corrected chi connectivity index (χ1v) is 11.4. The van der Waals surface area contributed by atoms with Gasteiger partial charge in [-0.3, -0.25) is 10.1 Å². The largest absolute Gasteiger partial charge is 0.494 e. The van der Waals surface area contributed by atoms with Crippen molar-refractivity contribution in [2.24, 2.45) is 0 Å². The lowest BCUT2D eigenvalue weighted by Gasteiger charge is -2.15. The monoisotopic (exact) mass is 493 g/mol. The van der Waals surface area contributed by atoms with Gasteiger partial charge in [-0.25, -0.2) is 9.97 Å². The summed E-state index contributed by atoms with van der Waals surface area (Å²) >= 11 is 0. The first-order chi connectivity index (χ1) is 17.4. The fourth-order valence-electron chi connectivity index (χ4n) is 4.45. The van der Waals surface area contributed by atoms with Crippen LogP contribution in [0.15, 0.2) is 42.7 Å². The van der Waals surface area contributed by atoms with Crippen molar-refractivity contribution < 1.29 is 23.9 Å². The Morgan fingerprint density at radius 1 is 1.33 bits per heavy atom. The molecule has 11 heteroatoms. The molecule has 36 heavy (non-hydrogen) atoms. The number of nitro groups is 1. The molecule has 10 nitrogen and oxygen atoms in total. The number of aryl methyl sites for hydroxylation is 2. The molecule has 1 aliphatic rings. The Labute approximate surface area is 205 Å². The van der Waals surface area contributed by atoms with Crippen molar-refractivity contribution in [1.29, 1.82) is 0 Å². The summed E-state index contributed by atoms with van der Waals surface area (Å²) < 4.78 is 27.3. The van der Waals surface area contributed by atoms with Crippen LogP contribution in [0.4, 0.5) is 21.7 Å². The molecule has 2 aromatic carbocycles. The van der Waals surface area contributed by atoms with Gasteiger partial charge in [-0.1, -0.05) is 18.2 Å². The molecule has 0 radical (unpaired) electrons. The average Bonchev–Trinajstić information content (AvgIpc) is 3.24. The number of para-hydroxylation sites is 1. The molecule has 0 saturated heterocycles. The Hall–Kier alpha value is -4.25. The van der Waals surface area contributed by atoms with E-state index in [0.717, 1.165) is 48.0 Å². The highest BCUT2D eigenvalue weighted by Gasteiger charge is 2.23. The predicted octanol–water partition coefficient (Wildman–Crippen LogP) is 4.60. The summed E-state index contributed by atoms with van der Waals surface area (Å²) in [4.78, 5) is 19.4. The molecular weight excluding hydrogens is 469 g/mol. The number of benzene rings is 2. The first-order valence-electron chi connectivity index (χ1n) is 11.4. The molecule has 0 aliphatic carbocycles. The number of aromatic nitrogens is 3. The van der Waals surface area contributed by atoms with Gasteiger partial charge in [0.25, 0.3) is 0 Å². The van der Waals surface area contributed by atoms with E-state index in [2.05, 4.69) is 25.9 Å². The number of nitrogens with zero attached hydrogens (tertiary/aromatic N) is 4. The van der Waals surface area contributed by atoms with Crippen LogP contribution in [0.3, 0.4) is 0 Å². The highest BCUT2D eigenvalue weighted by atomic mass is 19.1. The maximum Gasteiger partial charge on any atom is 0.307 e. The molecule has 0 fully saturated rings. The molecule has 5 rings (SSSR count). The number of aliphatic hydroxyl groups excluding tert-OH is 1. The van der Waals surface area contributed by atoms with Crippen LogP contribution in [0.25, 0.3) is 22.2 Å². The Balaban J connectivity index is 1.62. The van der Waals surface area contributed by atoms with Gasteiger partial charge in [0.1, 0.15) is 18.1 Å². The van der Waals surface area contributed by atoms with Gasteiger partial charge in [-0.05, 0) is 25.3 Å². The summed E-state index contributed by atoms with van der Waals surface area (Å²) in [6.45, 7) is 2.54. The van der Waals surface area contributed by atoms with E-state index in [1.54, 1.807) is 6.92 Å². The van der Waals surface area contributed by atoms with Crippen molar-refractivity contribution in [3.63, 3.8) is 0 Å². The van der Waals surface area contributed by atoms with Crippen molar-refractivity contribution in [3.05, 3.63) is 64.2 Å². The summed E-state index contributed by atoms with van der Waals surface area (Å²) in [6, 6.07) is 8.13. The minimum atomic E-state index is -1.01. The molecule has 0 amide bonds. The minimum Gasteiger partial charge on any atom is -0.494 e. The van der Waals surface area contributed by atoms with Crippen LogP contribution in [-0.4, -0.2) is 44.4 Å². The van der Waals surface area contributed by atoms with E-state index in [-0.39, 0.29) is 24.0 Å². The second kappa shape index (κ2) is 9.42. The predicted molar refractivity (Wildman–Crippen MR) is 131 cm³/mol. The summed E-state index contributed by atoms with van der Waals surface area (Å²) in [5, 5.41) is 24.9. The Morgan fingerprint density at radius 2 is 2.17 bits per heavy atom. The maximum atomic E-state index is 14.1. The number of hydrogen-bond acceptors (Lipinski definition) is 8. The van der Waals surface area contributed by atoms with Crippen molar-refractivity contribution in [3.8, 4) is 22.8 Å². The molecule has 186 valence electrons. The molecule has 2 N–H and O–H groups in total. The van der Waals surface area contributed by atoms with E-state index in [9.17, 15) is 19.6 Å². The van der Waals surface area contributed by atoms with Crippen molar-refractivity contribution >= 4 is 28.2 Å². The van der Waals surface area contributed by atoms with Crippen LogP contribution in [0, 0.1) is 15.9 Å². The second-order valence-corrected chi connectivity index (χ2v) is 8.61. The van der Waals surface area contributed by atoms with Gasteiger partial charge in [-0.2, -0.15) is 4.39 Å². The van der Waals surface area contributed by atoms with Gasteiger partial charge in [-0.15, -0.1) is 0 Å². The van der Waals surface area contributed by atoms with Crippen molar-refractivity contribution in [2.45, 2.75) is 32.4 Å². The second-order valence-electron chi connectivity index (χ2n) is 8.61. The van der Waals surface area contributed by atoms with Gasteiger partial charge in [0, 0.05) is 35.8 Å². The zero-order valence-corrected chi connectivity index (χ0v) is 19.7. The number of aliphatic hydroxyl groups is 1. The van der Waals surface area contributed by atoms with Gasteiger partial charge >= 0.3 is 5.69 Å². The summed E-state index contributed by atoms with van der Waals surface area (Å²) in [5.74, 6) is -0.465. The smallest absolute Gasteiger partial charge is 0.307 e. The molecule has 0 bridgehead atoms. The fraction of sp³-hybridized carbons (Fsp3) is 0.280. The summed E-state index contributed by atoms with van der Waals surface area (Å²) in [5.41, 5.74) is 3.15. The van der Waals surface area contributed by atoms with Crippen LogP contribution in [-0.2, 0) is 13.0 Å². The Morgan fingerprint density at radius 3 is 2.92 bits per heavy atom. The van der Waals surface area contributed by atoms with Crippen LogP contribution in [0.5, 0.6) is 11.5 Å². The van der Waals surface area contributed by atoms with Gasteiger partial charge in [0.05, 0.1) is 35.5 Å². The number of halogens is 1. The molecule has 1 unspecified atom stereocenters. The maximum absolute atomic E-state index is 14.1. The summed E-state index contributed by atoms with van der Waals surface area (Å²) in [6.07, 6.45) is 4.83. The lowest BCUT2D eigenvalue weighted by molar-refractivity contribution is -0.387. The van der Waals surface area contributed by atoms with Gasteiger partial charge in [0.2, 0.25) is 11.8 Å². The third-order valence-electron chi connectivity index (χ3n) is 6.03. The van der Waals surface area contributed by atoms with Gasteiger partial charge in [0.15, 0.2) is 5.75 Å². The third-order valence-corrected chi connectivity index (χ3v) is 6.03. The van der Waals surface area contributed by atoms with E-state index >= 15 is 0 Å². The molecule has 0 saturated carbocycles. The zero-order valence-electron chi connectivity index (χ0n) is 19.7. The van der Waals surface area contributed by atoms with Crippen LogP contribution < -0.4 is 14.8 Å². The molecule has 2 aromatic heterocycles. The van der Waals surface area contributed by atoms with Gasteiger partial charge < -0.3 is 24.5 Å². The number of ether oxygens (including phenoxy) is 2. The van der Waals surface area contributed by atoms with E-state index in [4.69, 9.17) is 9.47 Å². The average molecular weight is 493 g/mol. The number of nitro benzene ring substituents is 1. The Kier molecular flexibility index (Phi) is 6.15. The fourth-order valence-corrected chi connectivity index (χ4v) is 4.45.